The van der Waals surface area contributed by atoms with Crippen LogP contribution in [0.2, 0.25) is 0 Å². The first kappa shape index (κ1) is 20.3. The van der Waals surface area contributed by atoms with Crippen LogP contribution in [0.15, 0.2) is 47.6 Å². The number of aromatic nitrogens is 4. The van der Waals surface area contributed by atoms with E-state index in [0.717, 1.165) is 5.69 Å². The van der Waals surface area contributed by atoms with Crippen LogP contribution in [0.4, 0.5) is 0 Å². The predicted molar refractivity (Wildman–Crippen MR) is 111 cm³/mol. The monoisotopic (exact) mass is 428 g/mol. The van der Waals surface area contributed by atoms with Crippen LogP contribution in [-0.4, -0.2) is 69.7 Å². The summed E-state index contributed by atoms with van der Waals surface area (Å²) in [6.07, 6.45) is 4.07. The zero-order valence-electron chi connectivity index (χ0n) is 16.9. The molecule has 30 heavy (non-hydrogen) atoms. The number of H-pyrrole nitrogens is 1. The largest absolute Gasteiger partial charge is 0.337 e. The van der Waals surface area contributed by atoms with Gasteiger partial charge >= 0.3 is 0 Å². The molecular weight excluding hydrogens is 404 g/mol. The highest BCUT2D eigenvalue weighted by Crippen LogP contribution is 2.23. The molecule has 0 atom stereocenters. The van der Waals surface area contributed by atoms with Gasteiger partial charge in [-0.15, -0.1) is 0 Å². The molecule has 1 amide bonds. The Bertz CT molecular complexity index is 1130. The molecule has 2 aromatic heterocycles. The number of hydrogen-bond acceptors (Lipinski definition) is 5. The Labute approximate surface area is 175 Å². The van der Waals surface area contributed by atoms with Crippen LogP contribution in [0.5, 0.6) is 0 Å². The van der Waals surface area contributed by atoms with Crippen LogP contribution < -0.4 is 0 Å². The third-order valence-corrected chi connectivity index (χ3v) is 7.43. The second kappa shape index (κ2) is 8.04. The third kappa shape index (κ3) is 3.75. The highest BCUT2D eigenvalue weighted by molar-refractivity contribution is 7.89. The first-order valence-electron chi connectivity index (χ1n) is 9.79. The number of carbonyl (C=O) groups excluding carboxylic acids is 1. The van der Waals surface area contributed by atoms with Crippen LogP contribution in [0.25, 0.3) is 5.69 Å². The van der Waals surface area contributed by atoms with E-state index in [4.69, 9.17) is 0 Å². The van der Waals surface area contributed by atoms with Crippen molar-refractivity contribution in [1.29, 1.82) is 0 Å². The van der Waals surface area contributed by atoms with E-state index < -0.39 is 10.0 Å². The van der Waals surface area contributed by atoms with Gasteiger partial charge in [-0.05, 0) is 44.5 Å². The highest BCUT2D eigenvalue weighted by atomic mass is 32.2. The Balaban J connectivity index is 1.51. The number of aryl methyl sites for hydroxylation is 2. The summed E-state index contributed by atoms with van der Waals surface area (Å²) in [6.45, 7) is 4.82. The van der Waals surface area contributed by atoms with E-state index in [-0.39, 0.29) is 17.3 Å². The minimum Gasteiger partial charge on any atom is -0.337 e. The van der Waals surface area contributed by atoms with Gasteiger partial charge in [-0.25, -0.2) is 13.1 Å². The van der Waals surface area contributed by atoms with Crippen LogP contribution in [0, 0.1) is 13.8 Å². The number of rotatable bonds is 4. The average molecular weight is 429 g/mol. The van der Waals surface area contributed by atoms with E-state index in [2.05, 4.69) is 15.3 Å². The van der Waals surface area contributed by atoms with E-state index in [9.17, 15) is 13.2 Å². The summed E-state index contributed by atoms with van der Waals surface area (Å²) in [6, 6.07) is 9.10. The smallest absolute Gasteiger partial charge is 0.253 e. The Kier molecular flexibility index (Phi) is 5.44. The van der Waals surface area contributed by atoms with Crippen molar-refractivity contribution in [2.45, 2.75) is 25.2 Å². The molecule has 4 rings (SSSR count). The fourth-order valence-electron chi connectivity index (χ4n) is 3.77. The number of sulfonamides is 1. The van der Waals surface area contributed by atoms with Crippen LogP contribution in [0.1, 0.15) is 28.2 Å². The topological polar surface area (TPSA) is 104 Å². The van der Waals surface area contributed by atoms with E-state index in [1.807, 2.05) is 24.4 Å². The summed E-state index contributed by atoms with van der Waals surface area (Å²) < 4.78 is 29.4. The average Bonchev–Trinajstić information content (AvgIpc) is 3.31. The second-order valence-electron chi connectivity index (χ2n) is 7.31. The number of carbonyl (C=O) groups is 1. The molecule has 9 nitrogen and oxygen atoms in total. The molecule has 3 heterocycles. The van der Waals surface area contributed by atoms with E-state index >= 15 is 0 Å². The molecule has 0 radical (unpaired) electrons. The first-order chi connectivity index (χ1) is 14.4. The number of aromatic amines is 1. The minimum absolute atomic E-state index is 0.112. The van der Waals surface area contributed by atoms with Crippen LogP contribution in [-0.2, 0) is 10.0 Å². The molecule has 1 saturated heterocycles. The maximum Gasteiger partial charge on any atom is 0.253 e. The van der Waals surface area contributed by atoms with E-state index in [1.165, 1.54) is 4.31 Å². The van der Waals surface area contributed by atoms with Gasteiger partial charge in [0.15, 0.2) is 0 Å². The lowest BCUT2D eigenvalue weighted by molar-refractivity contribution is 0.0764. The molecular formula is C20H24N6O3S. The van der Waals surface area contributed by atoms with Gasteiger partial charge < -0.3 is 4.90 Å². The normalized spacial score (nSPS) is 15.9. The lowest BCUT2D eigenvalue weighted by Gasteiger charge is -2.22. The summed E-state index contributed by atoms with van der Waals surface area (Å²) in [5.41, 5.74) is 2.34. The fraction of sp³-hybridized carbons (Fsp3) is 0.350. The summed E-state index contributed by atoms with van der Waals surface area (Å²) in [7, 11) is -3.66. The zero-order chi connectivity index (χ0) is 21.3. The van der Waals surface area contributed by atoms with Crippen molar-refractivity contribution < 1.29 is 13.2 Å². The number of hydrogen-bond donors (Lipinski definition) is 1. The van der Waals surface area contributed by atoms with Crippen molar-refractivity contribution in [3.05, 3.63) is 59.7 Å². The van der Waals surface area contributed by atoms with Crippen molar-refractivity contribution in [3.8, 4) is 5.69 Å². The summed E-state index contributed by atoms with van der Waals surface area (Å²) >= 11 is 0. The number of nitrogens with one attached hydrogen (secondary N) is 1. The van der Waals surface area contributed by atoms with Crippen molar-refractivity contribution >= 4 is 15.9 Å². The molecule has 158 valence electrons. The second-order valence-corrected chi connectivity index (χ2v) is 9.19. The molecule has 1 N–H and O–H groups in total. The zero-order valence-corrected chi connectivity index (χ0v) is 17.8. The predicted octanol–water partition coefficient (Wildman–Crippen LogP) is 1.75. The third-order valence-electron chi connectivity index (χ3n) is 5.26. The number of benzene rings is 1. The molecule has 1 aliphatic heterocycles. The van der Waals surface area contributed by atoms with Gasteiger partial charge in [-0.1, -0.05) is 6.07 Å². The van der Waals surface area contributed by atoms with Crippen LogP contribution >= 0.6 is 0 Å². The SMILES string of the molecule is Cc1n[nH]c(C)c1S(=O)(=O)N1CCCN(C(=O)c2cccc(-n3cccn3)c2)CC1. The van der Waals surface area contributed by atoms with Crippen molar-refractivity contribution in [2.75, 3.05) is 26.2 Å². The Morgan fingerprint density at radius 2 is 1.93 bits per heavy atom. The molecule has 0 saturated carbocycles. The standard InChI is InChI=1S/C20H24N6O3S/c1-15-19(16(2)23-22-15)30(28,29)25-10-5-9-24(12-13-25)20(27)17-6-3-7-18(14-17)26-11-4-8-21-26/h3-4,6-8,11,14H,5,9-10,12-13H2,1-2H3,(H,22,23). The fourth-order valence-corrected chi connectivity index (χ4v) is 5.57. The molecule has 0 spiro atoms. The highest BCUT2D eigenvalue weighted by Gasteiger charge is 2.32. The molecule has 0 bridgehead atoms. The maximum absolute atomic E-state index is 13.1. The Morgan fingerprint density at radius 1 is 1.10 bits per heavy atom. The van der Waals surface area contributed by atoms with Crippen molar-refractivity contribution in [3.63, 3.8) is 0 Å². The molecule has 1 aromatic carbocycles. The van der Waals surface area contributed by atoms with Gasteiger partial charge in [0.25, 0.3) is 5.91 Å². The van der Waals surface area contributed by atoms with Gasteiger partial charge in [-0.2, -0.15) is 14.5 Å². The molecule has 10 heteroatoms. The molecule has 1 aliphatic rings. The quantitative estimate of drug-likeness (QED) is 0.682. The Hall–Kier alpha value is -2.98. The van der Waals surface area contributed by atoms with Crippen molar-refractivity contribution in [2.24, 2.45) is 0 Å². The molecule has 0 aliphatic carbocycles. The maximum atomic E-state index is 13.1. The van der Waals surface area contributed by atoms with Crippen molar-refractivity contribution in [1.82, 2.24) is 29.2 Å². The van der Waals surface area contributed by atoms with Gasteiger partial charge in [0.2, 0.25) is 10.0 Å². The summed E-state index contributed by atoms with van der Waals surface area (Å²) in [4.78, 5) is 15.0. The number of nitrogens with zero attached hydrogens (tertiary/aromatic N) is 5. The minimum atomic E-state index is -3.66. The van der Waals surface area contributed by atoms with Gasteiger partial charge in [0, 0.05) is 44.1 Å². The number of amides is 1. The lowest BCUT2D eigenvalue weighted by atomic mass is 10.1. The molecule has 3 aromatic rings. The van der Waals surface area contributed by atoms with Crippen LogP contribution in [0.3, 0.4) is 0 Å². The lowest BCUT2D eigenvalue weighted by Crippen LogP contribution is -2.37. The summed E-state index contributed by atoms with van der Waals surface area (Å²) in [5, 5.41) is 10.9. The Morgan fingerprint density at radius 3 is 2.63 bits per heavy atom. The summed E-state index contributed by atoms with van der Waals surface area (Å²) in [5.74, 6) is -0.112. The first-order valence-corrected chi connectivity index (χ1v) is 11.2. The van der Waals surface area contributed by atoms with Gasteiger partial charge in [-0.3, -0.25) is 9.89 Å². The molecule has 0 unspecified atom stereocenters. The van der Waals surface area contributed by atoms with Gasteiger partial charge in [0.1, 0.15) is 4.90 Å². The van der Waals surface area contributed by atoms with E-state index in [0.29, 0.717) is 43.0 Å². The van der Waals surface area contributed by atoms with Gasteiger partial charge in [0.05, 0.1) is 17.1 Å². The molecule has 1 fully saturated rings. The van der Waals surface area contributed by atoms with E-state index in [1.54, 1.807) is 41.8 Å².